The van der Waals surface area contributed by atoms with Gasteiger partial charge in [0.05, 0.1) is 24.9 Å². The summed E-state index contributed by atoms with van der Waals surface area (Å²) in [6.07, 6.45) is 0.269. The van der Waals surface area contributed by atoms with E-state index in [0.29, 0.717) is 28.7 Å². The molecule has 61 heavy (non-hydrogen) atoms. The number of fused-ring (bicyclic) bond motifs is 4. The van der Waals surface area contributed by atoms with E-state index in [-0.39, 0.29) is 36.9 Å². The van der Waals surface area contributed by atoms with Crippen molar-refractivity contribution in [2.75, 3.05) is 0 Å². The third kappa shape index (κ3) is 9.19. The van der Waals surface area contributed by atoms with Crippen LogP contribution in [0.1, 0.15) is 120 Å². The number of hydrogen-bond donors (Lipinski definition) is 0. The van der Waals surface area contributed by atoms with Crippen LogP contribution in [0.15, 0.2) is 97.2 Å². The van der Waals surface area contributed by atoms with E-state index in [4.69, 9.17) is 11.8 Å². The fourth-order valence-corrected chi connectivity index (χ4v) is 10.1. The largest absolute Gasteiger partial charge is 0.333 e. The molecule has 6 heteroatoms. The van der Waals surface area contributed by atoms with Crippen molar-refractivity contribution in [3.8, 4) is 39.5 Å². The Bertz CT molecular complexity index is 2890. The van der Waals surface area contributed by atoms with Crippen LogP contribution in [-0.4, -0.2) is 22.6 Å². The SMILES string of the molecule is Cc1[c-]c(-c2nc3ccccc3n2-c2c(C(C)C)cccc2C(C)C)cc2c1C(C)(C)c1cc(F)ccc1-2.[2H]C([2H])([2H])c1c[c-]c(-c2cc(C([2H])([2H])C(C)(C)C)c([Si](C)(C)C)cn2)cc1.[Ir]. The molecule has 0 amide bonds. The molecular formula is C55H62FIrN3Si-2. The van der Waals surface area contributed by atoms with E-state index >= 15 is 0 Å². The van der Waals surface area contributed by atoms with Crippen molar-refractivity contribution >= 4 is 24.3 Å². The topological polar surface area (TPSA) is 30.7 Å². The zero-order chi connectivity index (χ0) is 47.8. The average molecular weight is 1010 g/mol. The van der Waals surface area contributed by atoms with Crippen molar-refractivity contribution < 1.29 is 31.3 Å². The molecule has 2 heterocycles. The predicted octanol–water partition coefficient (Wildman–Crippen LogP) is 14.5. The first-order valence-electron chi connectivity index (χ1n) is 23.7. The zero-order valence-electron chi connectivity index (χ0n) is 42.9. The van der Waals surface area contributed by atoms with E-state index in [1.807, 2.05) is 39.0 Å². The fourth-order valence-electron chi connectivity index (χ4n) is 8.76. The maximum atomic E-state index is 14.3. The molecule has 1 aliphatic carbocycles. The van der Waals surface area contributed by atoms with Crippen molar-refractivity contribution in [2.24, 2.45) is 5.41 Å². The van der Waals surface area contributed by atoms with Gasteiger partial charge in [-0.05, 0) is 86.4 Å². The minimum absolute atomic E-state index is 0. The average Bonchev–Trinajstić information content (AvgIpc) is 3.71. The second kappa shape index (κ2) is 17.4. The molecule has 7 aromatic rings. The number of aryl methyl sites for hydroxylation is 2. The molecule has 5 aromatic carbocycles. The van der Waals surface area contributed by atoms with Gasteiger partial charge in [0.2, 0.25) is 0 Å². The summed E-state index contributed by atoms with van der Waals surface area (Å²) in [5.74, 6) is 1.40. The van der Waals surface area contributed by atoms with E-state index in [1.165, 1.54) is 28.4 Å². The van der Waals surface area contributed by atoms with Gasteiger partial charge in [0.25, 0.3) is 0 Å². The van der Waals surface area contributed by atoms with Crippen LogP contribution in [0.3, 0.4) is 0 Å². The van der Waals surface area contributed by atoms with Crippen molar-refractivity contribution in [1.82, 2.24) is 14.5 Å². The van der Waals surface area contributed by atoms with Gasteiger partial charge in [0.1, 0.15) is 5.82 Å². The Balaban J connectivity index is 0.000000229. The summed E-state index contributed by atoms with van der Waals surface area (Å²) in [6, 6.07) is 35.7. The van der Waals surface area contributed by atoms with Crippen LogP contribution in [-0.2, 0) is 31.9 Å². The van der Waals surface area contributed by atoms with Crippen LogP contribution in [0.2, 0.25) is 19.6 Å². The normalized spacial score (nSPS) is 14.9. The van der Waals surface area contributed by atoms with Crippen LogP contribution in [0.5, 0.6) is 0 Å². The molecular weight excluding hydrogens is 942 g/mol. The molecule has 0 saturated carbocycles. The smallest absolute Gasteiger partial charge is 0.123 e. The number of nitrogens with zero attached hydrogens (tertiary/aromatic N) is 3. The predicted molar refractivity (Wildman–Crippen MR) is 255 cm³/mol. The summed E-state index contributed by atoms with van der Waals surface area (Å²) in [5.41, 5.74) is 13.7. The number of benzene rings is 5. The molecule has 0 atom stereocenters. The molecule has 0 spiro atoms. The van der Waals surface area contributed by atoms with Gasteiger partial charge in [-0.25, -0.2) is 4.39 Å². The van der Waals surface area contributed by atoms with Gasteiger partial charge in [-0.2, -0.15) is 0 Å². The number of hydrogen-bond acceptors (Lipinski definition) is 2. The molecule has 0 unspecified atom stereocenters. The number of para-hydroxylation sites is 3. The van der Waals surface area contributed by atoms with Crippen LogP contribution >= 0.6 is 0 Å². The van der Waals surface area contributed by atoms with E-state index in [2.05, 4.69) is 132 Å². The van der Waals surface area contributed by atoms with Gasteiger partial charge in [-0.1, -0.05) is 149 Å². The Morgan fingerprint density at radius 1 is 0.869 bits per heavy atom. The molecule has 2 aromatic heterocycles. The molecule has 1 aliphatic rings. The molecule has 0 bridgehead atoms. The first-order chi connectivity index (χ1) is 30.1. The third-order valence-electron chi connectivity index (χ3n) is 11.5. The summed E-state index contributed by atoms with van der Waals surface area (Å²) in [7, 11) is -1.81. The van der Waals surface area contributed by atoms with E-state index in [0.717, 1.165) is 49.9 Å². The second-order valence-electron chi connectivity index (χ2n) is 19.5. The monoisotopic (exact) mass is 1010 g/mol. The maximum Gasteiger partial charge on any atom is 0.123 e. The number of halogens is 1. The van der Waals surface area contributed by atoms with Gasteiger partial charge in [-0.3, -0.25) is 4.98 Å². The summed E-state index contributed by atoms with van der Waals surface area (Å²) in [6.45, 7) is 25.6. The van der Waals surface area contributed by atoms with Crippen molar-refractivity contribution in [2.45, 2.75) is 119 Å². The third-order valence-corrected chi connectivity index (χ3v) is 13.5. The van der Waals surface area contributed by atoms with Gasteiger partial charge in [0, 0.05) is 38.8 Å². The Morgan fingerprint density at radius 3 is 2.16 bits per heavy atom. The number of pyridine rings is 1. The van der Waals surface area contributed by atoms with Crippen molar-refractivity contribution in [1.29, 1.82) is 0 Å². The molecule has 0 fully saturated rings. The minimum Gasteiger partial charge on any atom is -0.333 e. The molecule has 0 saturated heterocycles. The summed E-state index contributed by atoms with van der Waals surface area (Å²) in [5, 5.41) is 1.00. The van der Waals surface area contributed by atoms with Crippen LogP contribution < -0.4 is 5.19 Å². The Labute approximate surface area is 386 Å². The standard InChI is InChI=1S/C35H34FN2.C20H28NSi.Ir/c1-20(2)25-11-10-12-26(21(3)4)33(25)38-31-14-9-8-13-30(31)37-34(38)23-17-22(5)32-28(18-23)27-16-15-24(36)19-29(27)35(32,6)7;1-15-8-10-16(11-9-15)18-12-17(13-20(2,3)4)19(14-21-18)22(5,6)7;/h8-16,18-21H,1-7H3;8-10,12,14H,13H2,1-7H3;/q2*-1;/i;1D3,13D2;. The quantitative estimate of drug-likeness (QED) is 0.118. The summed E-state index contributed by atoms with van der Waals surface area (Å²) >= 11 is 0. The summed E-state index contributed by atoms with van der Waals surface area (Å²) < 4.78 is 56.7. The molecule has 3 nitrogen and oxygen atoms in total. The van der Waals surface area contributed by atoms with Crippen molar-refractivity contribution in [3.05, 3.63) is 154 Å². The fraction of sp³-hybridized carbons (Fsp3) is 0.345. The van der Waals surface area contributed by atoms with Gasteiger partial charge >= 0.3 is 0 Å². The Kier molecular flexibility index (Phi) is 11.2. The van der Waals surface area contributed by atoms with Gasteiger partial charge in [-0.15, -0.1) is 64.2 Å². The Hall–Kier alpha value is -4.48. The molecule has 8 rings (SSSR count). The summed E-state index contributed by atoms with van der Waals surface area (Å²) in [4.78, 5) is 9.76. The number of imidazole rings is 1. The molecule has 319 valence electrons. The first kappa shape index (κ1) is 39.4. The number of aromatic nitrogens is 3. The molecule has 0 N–H and O–H groups in total. The van der Waals surface area contributed by atoms with E-state index in [9.17, 15) is 4.39 Å². The van der Waals surface area contributed by atoms with Crippen molar-refractivity contribution in [3.63, 3.8) is 0 Å². The zero-order valence-corrected chi connectivity index (χ0v) is 41.3. The number of rotatable bonds is 7. The van der Waals surface area contributed by atoms with Crippen LogP contribution in [0.25, 0.3) is 50.5 Å². The molecule has 1 radical (unpaired) electrons. The van der Waals surface area contributed by atoms with Gasteiger partial charge in [0.15, 0.2) is 0 Å². The van der Waals surface area contributed by atoms with E-state index in [1.54, 1.807) is 30.5 Å². The van der Waals surface area contributed by atoms with E-state index < -0.39 is 26.7 Å². The van der Waals surface area contributed by atoms with Crippen LogP contribution in [0, 0.1) is 37.1 Å². The first-order valence-corrected chi connectivity index (χ1v) is 24.7. The minimum atomic E-state index is -2.17. The second-order valence-corrected chi connectivity index (χ2v) is 24.5. The Morgan fingerprint density at radius 2 is 1.56 bits per heavy atom. The molecule has 0 aliphatic heterocycles. The van der Waals surface area contributed by atoms with Crippen LogP contribution in [0.4, 0.5) is 4.39 Å². The maximum absolute atomic E-state index is 14.3. The van der Waals surface area contributed by atoms with Gasteiger partial charge < -0.3 is 9.55 Å².